The number of nitriles is 1. The molecule has 3 aliphatic rings. The summed E-state index contributed by atoms with van der Waals surface area (Å²) in [6.45, 7) is 9.45. The summed E-state index contributed by atoms with van der Waals surface area (Å²) in [7, 11) is 0. The first-order chi connectivity index (χ1) is 15.1. The molecular formula is C26H26N4O. The third-order valence-electron chi connectivity index (χ3n) is 7.30. The highest BCUT2D eigenvalue weighted by Gasteiger charge is 2.35. The maximum Gasteiger partial charge on any atom is 0.237 e. The lowest BCUT2D eigenvalue weighted by atomic mass is 9.85. The van der Waals surface area contributed by atoms with E-state index in [2.05, 4.69) is 32.8 Å². The van der Waals surface area contributed by atoms with Gasteiger partial charge in [0.1, 0.15) is 0 Å². The first-order valence-electron chi connectivity index (χ1n) is 11.2. The van der Waals surface area contributed by atoms with E-state index in [0.717, 1.165) is 57.2 Å². The van der Waals surface area contributed by atoms with Crippen LogP contribution in [0.25, 0.3) is 4.85 Å². The SMILES string of the molecule is [C-]#[N+]c1ccc2c(c1)CCC(N1CCN(C3CCc4cc(C#N)ccc4C3)CC1=O)C2. The molecule has 0 bridgehead atoms. The smallest absolute Gasteiger partial charge is 0.237 e. The summed E-state index contributed by atoms with van der Waals surface area (Å²) in [5.74, 6) is 0.253. The standard InChI is InChI=1S/C26H26N4O/c1-28-23-7-4-22-15-25(9-6-20(22)13-23)30-11-10-29(17-26(30)31)24-8-5-19-12-18(16-27)2-3-21(19)14-24/h2-4,7,12-13,24-25H,5-6,8-11,14-15,17H2. The summed E-state index contributed by atoms with van der Waals surface area (Å²) < 4.78 is 0. The fourth-order valence-electron chi connectivity index (χ4n) is 5.58. The molecule has 0 saturated carbocycles. The van der Waals surface area contributed by atoms with Gasteiger partial charge in [0.15, 0.2) is 5.69 Å². The summed E-state index contributed by atoms with van der Waals surface area (Å²) in [4.78, 5) is 21.1. The van der Waals surface area contributed by atoms with E-state index >= 15 is 0 Å². The van der Waals surface area contributed by atoms with Gasteiger partial charge in [-0.15, -0.1) is 0 Å². The molecule has 0 radical (unpaired) electrons. The van der Waals surface area contributed by atoms with Crippen LogP contribution in [0.3, 0.4) is 0 Å². The lowest BCUT2D eigenvalue weighted by Crippen LogP contribution is -2.58. The van der Waals surface area contributed by atoms with Gasteiger partial charge in [-0.2, -0.15) is 5.26 Å². The molecule has 2 aliphatic carbocycles. The predicted octanol–water partition coefficient (Wildman–Crippen LogP) is 3.67. The van der Waals surface area contributed by atoms with Crippen LogP contribution >= 0.6 is 0 Å². The largest absolute Gasteiger partial charge is 0.337 e. The second kappa shape index (κ2) is 8.17. The van der Waals surface area contributed by atoms with Crippen molar-refractivity contribution in [1.82, 2.24) is 9.80 Å². The van der Waals surface area contributed by atoms with E-state index in [1.54, 1.807) is 0 Å². The molecule has 5 nitrogen and oxygen atoms in total. The Hall–Kier alpha value is -3.15. The van der Waals surface area contributed by atoms with Crippen LogP contribution < -0.4 is 0 Å². The van der Waals surface area contributed by atoms with Crippen molar-refractivity contribution < 1.29 is 4.79 Å². The first kappa shape index (κ1) is 19.8. The Morgan fingerprint density at radius 3 is 2.39 bits per heavy atom. The summed E-state index contributed by atoms with van der Waals surface area (Å²) in [6, 6.07) is 14.9. The molecule has 1 saturated heterocycles. The van der Waals surface area contributed by atoms with Crippen molar-refractivity contribution in [2.24, 2.45) is 0 Å². The number of piperazine rings is 1. The van der Waals surface area contributed by atoms with Gasteiger partial charge in [0.25, 0.3) is 0 Å². The topological polar surface area (TPSA) is 51.7 Å². The molecule has 2 atom stereocenters. The van der Waals surface area contributed by atoms with Crippen molar-refractivity contribution in [3.8, 4) is 6.07 Å². The summed E-state index contributed by atoms with van der Waals surface area (Å²) in [5.41, 5.74) is 6.63. The van der Waals surface area contributed by atoms with Gasteiger partial charge in [0.2, 0.25) is 5.91 Å². The molecule has 31 heavy (non-hydrogen) atoms. The van der Waals surface area contributed by atoms with Crippen LogP contribution in [0, 0.1) is 17.9 Å². The highest BCUT2D eigenvalue weighted by Crippen LogP contribution is 2.30. The van der Waals surface area contributed by atoms with E-state index in [-0.39, 0.29) is 11.9 Å². The Bertz CT molecular complexity index is 1110. The van der Waals surface area contributed by atoms with Crippen LogP contribution in [0.2, 0.25) is 0 Å². The van der Waals surface area contributed by atoms with Gasteiger partial charge in [0, 0.05) is 25.2 Å². The van der Waals surface area contributed by atoms with Crippen LogP contribution in [0.5, 0.6) is 0 Å². The van der Waals surface area contributed by atoms with E-state index in [1.807, 2.05) is 24.3 Å². The van der Waals surface area contributed by atoms with Crippen LogP contribution in [-0.4, -0.2) is 47.4 Å². The van der Waals surface area contributed by atoms with Gasteiger partial charge in [-0.05, 0) is 67.3 Å². The highest BCUT2D eigenvalue weighted by molar-refractivity contribution is 5.79. The quantitative estimate of drug-likeness (QED) is 0.710. The van der Waals surface area contributed by atoms with Crippen LogP contribution in [-0.2, 0) is 30.5 Å². The second-order valence-electron chi connectivity index (χ2n) is 9.01. The van der Waals surface area contributed by atoms with E-state index in [1.165, 1.54) is 22.3 Å². The van der Waals surface area contributed by atoms with Gasteiger partial charge in [-0.3, -0.25) is 9.69 Å². The van der Waals surface area contributed by atoms with Gasteiger partial charge < -0.3 is 4.90 Å². The minimum atomic E-state index is 0.253. The van der Waals surface area contributed by atoms with Crippen LogP contribution in [0.15, 0.2) is 36.4 Å². The van der Waals surface area contributed by atoms with Gasteiger partial charge in [-0.1, -0.05) is 29.8 Å². The predicted molar refractivity (Wildman–Crippen MR) is 119 cm³/mol. The normalized spacial score (nSPS) is 23.4. The number of carbonyl (C=O) groups is 1. The zero-order chi connectivity index (χ0) is 21.4. The zero-order valence-corrected chi connectivity index (χ0v) is 17.7. The Labute approximate surface area is 183 Å². The third-order valence-corrected chi connectivity index (χ3v) is 7.30. The Kier molecular flexibility index (Phi) is 5.22. The Morgan fingerprint density at radius 2 is 1.65 bits per heavy atom. The number of rotatable bonds is 2. The monoisotopic (exact) mass is 410 g/mol. The lowest BCUT2D eigenvalue weighted by molar-refractivity contribution is -0.140. The van der Waals surface area contributed by atoms with Crippen molar-refractivity contribution >= 4 is 11.6 Å². The number of amides is 1. The average molecular weight is 411 g/mol. The van der Waals surface area contributed by atoms with Crippen molar-refractivity contribution in [2.75, 3.05) is 19.6 Å². The lowest BCUT2D eigenvalue weighted by Gasteiger charge is -2.44. The van der Waals surface area contributed by atoms with Crippen LogP contribution in [0.1, 0.15) is 40.7 Å². The molecule has 5 heteroatoms. The van der Waals surface area contributed by atoms with Crippen LogP contribution in [0.4, 0.5) is 5.69 Å². The molecule has 2 unspecified atom stereocenters. The summed E-state index contributed by atoms with van der Waals surface area (Å²) >= 11 is 0. The molecule has 1 heterocycles. The molecule has 1 fully saturated rings. The maximum atomic E-state index is 13.1. The maximum absolute atomic E-state index is 13.1. The molecular weight excluding hydrogens is 384 g/mol. The van der Waals surface area contributed by atoms with Crippen molar-refractivity contribution in [3.05, 3.63) is 75.6 Å². The van der Waals surface area contributed by atoms with E-state index in [4.69, 9.17) is 11.8 Å². The van der Waals surface area contributed by atoms with Crippen molar-refractivity contribution in [3.63, 3.8) is 0 Å². The third kappa shape index (κ3) is 3.82. The molecule has 5 rings (SSSR count). The number of hydrogen-bond donors (Lipinski definition) is 0. The molecule has 0 aromatic heterocycles. The second-order valence-corrected chi connectivity index (χ2v) is 9.01. The Morgan fingerprint density at radius 1 is 0.935 bits per heavy atom. The molecule has 156 valence electrons. The van der Waals surface area contributed by atoms with Gasteiger partial charge in [-0.25, -0.2) is 4.85 Å². The van der Waals surface area contributed by atoms with E-state index in [0.29, 0.717) is 18.3 Å². The number of carbonyl (C=O) groups excluding carboxylic acids is 1. The molecule has 0 N–H and O–H groups in total. The fraction of sp³-hybridized carbons (Fsp3) is 0.423. The minimum absolute atomic E-state index is 0.253. The number of nitrogens with zero attached hydrogens (tertiary/aromatic N) is 4. The highest BCUT2D eigenvalue weighted by atomic mass is 16.2. The van der Waals surface area contributed by atoms with E-state index in [9.17, 15) is 4.79 Å². The number of aryl methyl sites for hydroxylation is 2. The number of benzene rings is 2. The first-order valence-corrected chi connectivity index (χ1v) is 11.2. The minimum Gasteiger partial charge on any atom is -0.337 e. The molecule has 2 aromatic rings. The number of fused-ring (bicyclic) bond motifs is 2. The van der Waals surface area contributed by atoms with Gasteiger partial charge in [0.05, 0.1) is 24.7 Å². The summed E-state index contributed by atoms with van der Waals surface area (Å²) in [6.07, 6.45) is 5.83. The molecule has 1 aliphatic heterocycles. The van der Waals surface area contributed by atoms with Crippen molar-refractivity contribution in [1.29, 1.82) is 5.26 Å². The van der Waals surface area contributed by atoms with Gasteiger partial charge >= 0.3 is 0 Å². The molecule has 2 aromatic carbocycles. The average Bonchev–Trinajstić information content (AvgIpc) is 2.82. The van der Waals surface area contributed by atoms with Crippen molar-refractivity contribution in [2.45, 2.75) is 50.6 Å². The zero-order valence-electron chi connectivity index (χ0n) is 17.7. The fourth-order valence-corrected chi connectivity index (χ4v) is 5.58. The summed E-state index contributed by atoms with van der Waals surface area (Å²) in [5, 5.41) is 9.12. The van der Waals surface area contributed by atoms with E-state index < -0.39 is 0 Å². The molecule has 0 spiro atoms. The number of hydrogen-bond acceptors (Lipinski definition) is 3. The Balaban J connectivity index is 1.22. The molecule has 1 amide bonds.